The van der Waals surface area contributed by atoms with Gasteiger partial charge in [0.25, 0.3) is 0 Å². The van der Waals surface area contributed by atoms with Crippen LogP contribution < -0.4 is 0 Å². The highest BCUT2D eigenvalue weighted by Gasteiger charge is 2.12. The van der Waals surface area contributed by atoms with Gasteiger partial charge < -0.3 is 0 Å². The van der Waals surface area contributed by atoms with Gasteiger partial charge in [0.05, 0.1) is 0 Å². The highest BCUT2D eigenvalue weighted by Crippen LogP contribution is 2.24. The van der Waals surface area contributed by atoms with Crippen LogP contribution in [0.4, 0.5) is 4.39 Å². The Morgan fingerprint density at radius 3 is 2.36 bits per heavy atom. The summed E-state index contributed by atoms with van der Waals surface area (Å²) in [5.41, 5.74) is 0.261. The molecular weight excluding hydrogens is 159 g/mol. The second-order valence-corrected chi connectivity index (χ2v) is 5.06. The lowest BCUT2D eigenvalue weighted by Gasteiger charge is -2.15. The van der Waals surface area contributed by atoms with Crippen LogP contribution in [0.15, 0.2) is 12.1 Å². The molecule has 0 fully saturated rings. The molecule has 0 aromatic carbocycles. The Morgan fingerprint density at radius 1 is 1.36 bits per heavy atom. The minimum atomic E-state index is -0.0794. The summed E-state index contributed by atoms with van der Waals surface area (Å²) in [5.74, 6) is 0. The highest BCUT2D eigenvalue weighted by molar-refractivity contribution is 7.10. The highest BCUT2D eigenvalue weighted by atomic mass is 32.1. The molecule has 0 unspecified atom stereocenters. The van der Waals surface area contributed by atoms with Crippen LogP contribution in [-0.4, -0.2) is 0 Å². The summed E-state index contributed by atoms with van der Waals surface area (Å²) in [6.45, 7) is 6.47. The SMILES string of the molecule is CC(C)(C)Cc1ccc(F)s1. The first-order valence-electron chi connectivity index (χ1n) is 3.72. The molecule has 0 saturated heterocycles. The molecule has 0 amide bonds. The zero-order valence-electron chi connectivity index (χ0n) is 7.15. The first-order chi connectivity index (χ1) is 4.97. The molecule has 1 aromatic rings. The van der Waals surface area contributed by atoms with Crippen molar-refractivity contribution in [2.45, 2.75) is 27.2 Å². The van der Waals surface area contributed by atoms with Gasteiger partial charge in [0.1, 0.15) is 0 Å². The first kappa shape index (κ1) is 8.72. The Kier molecular flexibility index (Phi) is 2.33. The van der Waals surface area contributed by atoms with Crippen molar-refractivity contribution in [2.24, 2.45) is 5.41 Å². The van der Waals surface area contributed by atoms with Gasteiger partial charge in [-0.25, -0.2) is 0 Å². The predicted octanol–water partition coefficient (Wildman–Crippen LogP) is 3.48. The molecule has 0 N–H and O–H groups in total. The van der Waals surface area contributed by atoms with Gasteiger partial charge in [0.2, 0.25) is 0 Å². The Bertz CT molecular complexity index is 232. The minimum absolute atomic E-state index is 0.0794. The standard InChI is InChI=1S/C9H13FS/c1-9(2,3)6-7-4-5-8(10)11-7/h4-5H,6H2,1-3H3. The average Bonchev–Trinajstić information content (AvgIpc) is 2.10. The lowest BCUT2D eigenvalue weighted by molar-refractivity contribution is 0.414. The van der Waals surface area contributed by atoms with Crippen molar-refractivity contribution >= 4 is 11.3 Å². The lowest BCUT2D eigenvalue weighted by atomic mass is 9.92. The minimum Gasteiger partial charge on any atom is -0.195 e. The molecule has 0 nitrogen and oxygen atoms in total. The number of hydrogen-bond donors (Lipinski definition) is 0. The topological polar surface area (TPSA) is 0 Å². The van der Waals surface area contributed by atoms with Gasteiger partial charge in [0, 0.05) is 4.88 Å². The van der Waals surface area contributed by atoms with E-state index in [4.69, 9.17) is 0 Å². The molecule has 0 aliphatic heterocycles. The van der Waals surface area contributed by atoms with Gasteiger partial charge >= 0.3 is 0 Å². The van der Waals surface area contributed by atoms with Gasteiger partial charge in [-0.15, -0.1) is 11.3 Å². The smallest absolute Gasteiger partial charge is 0.176 e. The van der Waals surface area contributed by atoms with E-state index < -0.39 is 0 Å². The van der Waals surface area contributed by atoms with Gasteiger partial charge in [-0.05, 0) is 24.0 Å². The summed E-state index contributed by atoms with van der Waals surface area (Å²) >= 11 is 1.25. The van der Waals surface area contributed by atoms with Crippen molar-refractivity contribution in [3.05, 3.63) is 22.1 Å². The number of thiophene rings is 1. The first-order valence-corrected chi connectivity index (χ1v) is 4.53. The van der Waals surface area contributed by atoms with Crippen LogP contribution in [0.25, 0.3) is 0 Å². The van der Waals surface area contributed by atoms with E-state index in [0.717, 1.165) is 11.3 Å². The number of halogens is 1. The Balaban J connectivity index is 2.65. The van der Waals surface area contributed by atoms with Crippen LogP contribution in [0.5, 0.6) is 0 Å². The summed E-state index contributed by atoms with van der Waals surface area (Å²) in [5, 5.41) is -0.0794. The van der Waals surface area contributed by atoms with E-state index in [1.165, 1.54) is 17.4 Å². The second kappa shape index (κ2) is 2.94. The maximum absolute atomic E-state index is 12.5. The van der Waals surface area contributed by atoms with E-state index in [1.807, 2.05) is 6.07 Å². The molecule has 0 aliphatic rings. The molecule has 0 aliphatic carbocycles. The third-order valence-corrected chi connectivity index (χ3v) is 2.21. The van der Waals surface area contributed by atoms with Crippen LogP contribution in [-0.2, 0) is 6.42 Å². The molecule has 1 heterocycles. The molecule has 11 heavy (non-hydrogen) atoms. The average molecular weight is 172 g/mol. The Labute approximate surface area is 71.1 Å². The van der Waals surface area contributed by atoms with Gasteiger partial charge in [-0.3, -0.25) is 0 Å². The van der Waals surface area contributed by atoms with Crippen LogP contribution in [0.1, 0.15) is 25.6 Å². The van der Waals surface area contributed by atoms with E-state index in [2.05, 4.69) is 20.8 Å². The van der Waals surface area contributed by atoms with E-state index in [9.17, 15) is 4.39 Å². The zero-order chi connectivity index (χ0) is 8.48. The molecule has 1 aromatic heterocycles. The molecule has 0 saturated carbocycles. The van der Waals surface area contributed by atoms with Gasteiger partial charge in [0.15, 0.2) is 5.13 Å². The van der Waals surface area contributed by atoms with E-state index in [1.54, 1.807) is 0 Å². The third-order valence-electron chi connectivity index (χ3n) is 1.33. The van der Waals surface area contributed by atoms with Crippen LogP contribution in [0, 0.1) is 10.5 Å². The summed E-state index contributed by atoms with van der Waals surface area (Å²) < 4.78 is 12.5. The summed E-state index contributed by atoms with van der Waals surface area (Å²) in [6, 6.07) is 3.40. The molecular formula is C9H13FS. The van der Waals surface area contributed by atoms with Gasteiger partial charge in [-0.1, -0.05) is 20.8 Å². The van der Waals surface area contributed by atoms with Crippen molar-refractivity contribution in [3.63, 3.8) is 0 Å². The number of rotatable bonds is 1. The maximum Gasteiger partial charge on any atom is 0.176 e. The van der Waals surface area contributed by atoms with E-state index in [0.29, 0.717) is 0 Å². The van der Waals surface area contributed by atoms with Crippen LogP contribution in [0.3, 0.4) is 0 Å². The molecule has 62 valence electrons. The molecule has 2 heteroatoms. The fraction of sp³-hybridized carbons (Fsp3) is 0.556. The van der Waals surface area contributed by atoms with E-state index in [-0.39, 0.29) is 10.5 Å². The van der Waals surface area contributed by atoms with Crippen molar-refractivity contribution in [2.75, 3.05) is 0 Å². The zero-order valence-corrected chi connectivity index (χ0v) is 7.96. The third kappa shape index (κ3) is 3.02. The van der Waals surface area contributed by atoms with Crippen molar-refractivity contribution in [1.29, 1.82) is 0 Å². The lowest BCUT2D eigenvalue weighted by Crippen LogP contribution is -2.07. The molecule has 0 bridgehead atoms. The molecule has 0 spiro atoms. The molecule has 1 rings (SSSR count). The number of hydrogen-bond acceptors (Lipinski definition) is 1. The van der Waals surface area contributed by atoms with Crippen molar-refractivity contribution in [3.8, 4) is 0 Å². The monoisotopic (exact) mass is 172 g/mol. The normalized spacial score (nSPS) is 12.0. The summed E-state index contributed by atoms with van der Waals surface area (Å²) in [4.78, 5) is 1.13. The Hall–Kier alpha value is -0.370. The van der Waals surface area contributed by atoms with Gasteiger partial charge in [-0.2, -0.15) is 4.39 Å². The van der Waals surface area contributed by atoms with E-state index >= 15 is 0 Å². The maximum atomic E-state index is 12.5. The van der Waals surface area contributed by atoms with Crippen LogP contribution in [0.2, 0.25) is 0 Å². The summed E-state index contributed by atoms with van der Waals surface area (Å²) in [7, 11) is 0. The molecule has 0 atom stereocenters. The second-order valence-electron chi connectivity index (χ2n) is 3.94. The van der Waals surface area contributed by atoms with Crippen LogP contribution >= 0.6 is 11.3 Å². The largest absolute Gasteiger partial charge is 0.195 e. The molecule has 0 radical (unpaired) electrons. The fourth-order valence-corrected chi connectivity index (χ4v) is 2.00. The predicted molar refractivity (Wildman–Crippen MR) is 47.4 cm³/mol. The fourth-order valence-electron chi connectivity index (χ4n) is 0.969. The van der Waals surface area contributed by atoms with Crippen molar-refractivity contribution in [1.82, 2.24) is 0 Å². The Morgan fingerprint density at radius 2 is 2.00 bits per heavy atom. The summed E-state index contributed by atoms with van der Waals surface area (Å²) in [6.07, 6.45) is 0.960. The van der Waals surface area contributed by atoms with Crippen molar-refractivity contribution < 1.29 is 4.39 Å². The quantitative estimate of drug-likeness (QED) is 0.608.